The Morgan fingerprint density at radius 1 is 1.00 bits per heavy atom. The number of amides is 1. The van der Waals surface area contributed by atoms with Crippen molar-refractivity contribution in [1.82, 2.24) is 9.88 Å². The van der Waals surface area contributed by atoms with E-state index in [1.165, 1.54) is 6.42 Å². The predicted octanol–water partition coefficient (Wildman–Crippen LogP) is 4.62. The van der Waals surface area contributed by atoms with Crippen molar-refractivity contribution in [3.63, 3.8) is 0 Å². The molecule has 0 saturated carbocycles. The summed E-state index contributed by atoms with van der Waals surface area (Å²) in [7, 11) is 3.23. The van der Waals surface area contributed by atoms with Gasteiger partial charge in [-0.2, -0.15) is 0 Å². The third-order valence-corrected chi connectivity index (χ3v) is 5.26. The number of aromatic nitrogens is 1. The number of nitrogens with one attached hydrogen (secondary N) is 1. The van der Waals surface area contributed by atoms with Crippen LogP contribution >= 0.6 is 0 Å². The summed E-state index contributed by atoms with van der Waals surface area (Å²) in [6, 6.07) is 15.1. The van der Waals surface area contributed by atoms with Gasteiger partial charge in [-0.05, 0) is 43.5 Å². The van der Waals surface area contributed by atoms with Gasteiger partial charge in [-0.25, -0.2) is 4.98 Å². The second kappa shape index (κ2) is 8.39. The number of fused-ring (bicyclic) bond motifs is 1. The van der Waals surface area contributed by atoms with E-state index in [4.69, 9.17) is 14.5 Å². The summed E-state index contributed by atoms with van der Waals surface area (Å²) < 4.78 is 10.7. The van der Waals surface area contributed by atoms with Gasteiger partial charge in [0.05, 0.1) is 31.0 Å². The monoisotopic (exact) mass is 391 g/mol. The Bertz CT molecular complexity index is 1030. The van der Waals surface area contributed by atoms with Crippen LogP contribution in [0, 0.1) is 0 Å². The summed E-state index contributed by atoms with van der Waals surface area (Å²) in [5.41, 5.74) is 2.21. The third-order valence-electron chi connectivity index (χ3n) is 5.26. The molecule has 0 atom stereocenters. The number of hydrogen-bond acceptors (Lipinski definition) is 5. The van der Waals surface area contributed by atoms with Crippen LogP contribution in [0.3, 0.4) is 0 Å². The second-order valence-corrected chi connectivity index (χ2v) is 7.12. The summed E-state index contributed by atoms with van der Waals surface area (Å²) in [4.78, 5) is 19.9. The number of piperidine rings is 1. The molecule has 3 aromatic rings. The van der Waals surface area contributed by atoms with Crippen LogP contribution in [-0.2, 0) is 0 Å². The van der Waals surface area contributed by atoms with Gasteiger partial charge in [0.15, 0.2) is 0 Å². The van der Waals surface area contributed by atoms with Crippen LogP contribution in [0.5, 0.6) is 11.5 Å². The first-order chi connectivity index (χ1) is 14.2. The van der Waals surface area contributed by atoms with Gasteiger partial charge in [-0.15, -0.1) is 0 Å². The Kier molecular flexibility index (Phi) is 5.51. The molecule has 1 saturated heterocycles. The number of para-hydroxylation sites is 1. The van der Waals surface area contributed by atoms with Gasteiger partial charge in [0.1, 0.15) is 17.3 Å². The van der Waals surface area contributed by atoms with Gasteiger partial charge < -0.3 is 19.7 Å². The van der Waals surface area contributed by atoms with Crippen molar-refractivity contribution in [2.24, 2.45) is 0 Å². The predicted molar refractivity (Wildman–Crippen MR) is 114 cm³/mol. The van der Waals surface area contributed by atoms with Crippen LogP contribution < -0.4 is 14.8 Å². The molecule has 150 valence electrons. The second-order valence-electron chi connectivity index (χ2n) is 7.12. The zero-order valence-electron chi connectivity index (χ0n) is 16.8. The molecule has 1 aliphatic rings. The Hall–Kier alpha value is -3.28. The average molecular weight is 391 g/mol. The van der Waals surface area contributed by atoms with E-state index in [1.807, 2.05) is 53.4 Å². The van der Waals surface area contributed by atoms with Gasteiger partial charge >= 0.3 is 0 Å². The Morgan fingerprint density at radius 2 is 1.79 bits per heavy atom. The van der Waals surface area contributed by atoms with E-state index >= 15 is 0 Å². The lowest BCUT2D eigenvalue weighted by Crippen LogP contribution is -2.35. The largest absolute Gasteiger partial charge is 0.497 e. The molecule has 0 aliphatic carbocycles. The maximum Gasteiger partial charge on any atom is 0.254 e. The lowest BCUT2D eigenvalue weighted by molar-refractivity contribution is 0.0726. The molecule has 1 aromatic heterocycles. The van der Waals surface area contributed by atoms with Crippen molar-refractivity contribution in [1.29, 1.82) is 0 Å². The standard InChI is InChI=1S/C23H25N3O3/c1-28-16-10-11-20(21(14-16)29-2)25-22-15-18(17-8-4-5-9-19(17)24-22)23(27)26-12-6-3-7-13-26/h4-5,8-11,14-15H,3,6-7,12-13H2,1-2H3,(H,24,25). The molecule has 1 fully saturated rings. The highest BCUT2D eigenvalue weighted by molar-refractivity contribution is 6.07. The number of nitrogens with zero attached hydrogens (tertiary/aromatic N) is 2. The number of anilines is 2. The first kappa shape index (κ1) is 19.1. The maximum atomic E-state index is 13.3. The fourth-order valence-electron chi connectivity index (χ4n) is 3.72. The van der Waals surface area contributed by atoms with Crippen LogP contribution in [0.1, 0.15) is 29.6 Å². The summed E-state index contributed by atoms with van der Waals surface area (Å²) in [6.45, 7) is 1.62. The molecule has 1 amide bonds. The summed E-state index contributed by atoms with van der Waals surface area (Å²) in [6.07, 6.45) is 3.30. The highest BCUT2D eigenvalue weighted by Gasteiger charge is 2.21. The van der Waals surface area contributed by atoms with E-state index in [0.717, 1.165) is 42.5 Å². The summed E-state index contributed by atoms with van der Waals surface area (Å²) in [5, 5.41) is 4.17. The fraction of sp³-hybridized carbons (Fsp3) is 0.304. The zero-order chi connectivity index (χ0) is 20.2. The molecule has 2 heterocycles. The van der Waals surface area contributed by atoms with Gasteiger partial charge in [0.25, 0.3) is 5.91 Å². The topological polar surface area (TPSA) is 63.7 Å². The van der Waals surface area contributed by atoms with E-state index in [2.05, 4.69) is 5.32 Å². The number of rotatable bonds is 5. The molecule has 0 radical (unpaired) electrons. The SMILES string of the molecule is COc1ccc(Nc2cc(C(=O)N3CCCCC3)c3ccccc3n2)c(OC)c1. The number of methoxy groups -OCH3 is 2. The molecule has 1 aliphatic heterocycles. The quantitative estimate of drug-likeness (QED) is 0.687. The van der Waals surface area contributed by atoms with Crippen molar-refractivity contribution in [2.75, 3.05) is 32.6 Å². The van der Waals surface area contributed by atoms with E-state index < -0.39 is 0 Å². The molecule has 0 spiro atoms. The minimum atomic E-state index is 0.0630. The molecule has 1 N–H and O–H groups in total. The molecular formula is C23H25N3O3. The molecule has 4 rings (SSSR count). The molecule has 0 bridgehead atoms. The van der Waals surface area contributed by atoms with Crippen molar-refractivity contribution in [3.8, 4) is 11.5 Å². The number of benzene rings is 2. The number of carbonyl (C=O) groups is 1. The molecule has 6 heteroatoms. The molecule has 0 unspecified atom stereocenters. The van der Waals surface area contributed by atoms with Crippen molar-refractivity contribution in [3.05, 3.63) is 54.1 Å². The first-order valence-corrected chi connectivity index (χ1v) is 9.87. The summed E-state index contributed by atoms with van der Waals surface area (Å²) >= 11 is 0. The summed E-state index contributed by atoms with van der Waals surface area (Å²) in [5.74, 6) is 2.02. The third kappa shape index (κ3) is 3.97. The highest BCUT2D eigenvalue weighted by atomic mass is 16.5. The Balaban J connectivity index is 1.73. The van der Waals surface area contributed by atoms with E-state index in [9.17, 15) is 4.79 Å². The van der Waals surface area contributed by atoms with E-state index in [0.29, 0.717) is 22.9 Å². The number of likely N-dealkylation sites (tertiary alicyclic amines) is 1. The molecular weight excluding hydrogens is 366 g/mol. The lowest BCUT2D eigenvalue weighted by Gasteiger charge is -2.27. The normalized spacial score (nSPS) is 13.9. The Labute approximate surface area is 170 Å². The van der Waals surface area contributed by atoms with Gasteiger partial charge in [-0.1, -0.05) is 18.2 Å². The van der Waals surface area contributed by atoms with Gasteiger partial charge in [0, 0.05) is 24.5 Å². The van der Waals surface area contributed by atoms with Crippen molar-refractivity contribution < 1.29 is 14.3 Å². The minimum absolute atomic E-state index is 0.0630. The van der Waals surface area contributed by atoms with Gasteiger partial charge in [0.2, 0.25) is 0 Å². The fourth-order valence-corrected chi connectivity index (χ4v) is 3.72. The van der Waals surface area contributed by atoms with Crippen LogP contribution in [0.4, 0.5) is 11.5 Å². The first-order valence-electron chi connectivity index (χ1n) is 9.87. The van der Waals surface area contributed by atoms with Crippen molar-refractivity contribution in [2.45, 2.75) is 19.3 Å². The highest BCUT2D eigenvalue weighted by Crippen LogP contribution is 2.32. The van der Waals surface area contributed by atoms with Crippen LogP contribution in [-0.4, -0.2) is 43.1 Å². The maximum absolute atomic E-state index is 13.3. The van der Waals surface area contributed by atoms with E-state index in [1.54, 1.807) is 14.2 Å². The molecule has 29 heavy (non-hydrogen) atoms. The molecule has 6 nitrogen and oxygen atoms in total. The van der Waals surface area contributed by atoms with Crippen molar-refractivity contribution >= 4 is 28.3 Å². The average Bonchev–Trinajstić information content (AvgIpc) is 2.79. The number of ether oxygens (including phenoxy) is 2. The molecule has 2 aromatic carbocycles. The Morgan fingerprint density at radius 3 is 2.55 bits per heavy atom. The zero-order valence-corrected chi connectivity index (χ0v) is 16.8. The van der Waals surface area contributed by atoms with Crippen LogP contribution in [0.15, 0.2) is 48.5 Å². The van der Waals surface area contributed by atoms with Crippen LogP contribution in [0.25, 0.3) is 10.9 Å². The van der Waals surface area contributed by atoms with Crippen LogP contribution in [0.2, 0.25) is 0 Å². The van der Waals surface area contributed by atoms with Gasteiger partial charge in [-0.3, -0.25) is 4.79 Å². The minimum Gasteiger partial charge on any atom is -0.497 e. The smallest absolute Gasteiger partial charge is 0.254 e. The number of hydrogen-bond donors (Lipinski definition) is 1. The van der Waals surface area contributed by atoms with E-state index in [-0.39, 0.29) is 5.91 Å². The number of pyridine rings is 1. The number of carbonyl (C=O) groups excluding carboxylic acids is 1. The lowest BCUT2D eigenvalue weighted by atomic mass is 10.1.